The number of halogens is 1. The van der Waals surface area contributed by atoms with Gasteiger partial charge in [0.25, 0.3) is 0 Å². The lowest BCUT2D eigenvalue weighted by atomic mass is 9.97. The summed E-state index contributed by atoms with van der Waals surface area (Å²) < 4.78 is 7.34. The van der Waals surface area contributed by atoms with Crippen molar-refractivity contribution in [1.82, 2.24) is 9.78 Å². The van der Waals surface area contributed by atoms with Crippen LogP contribution in [0, 0.1) is 0 Å². The predicted molar refractivity (Wildman–Crippen MR) is 58.3 cm³/mol. The molecule has 3 nitrogen and oxygen atoms in total. The fraction of sp³-hybridized carbons (Fsp3) is 0.727. The van der Waals surface area contributed by atoms with Gasteiger partial charge in [-0.2, -0.15) is 5.10 Å². The van der Waals surface area contributed by atoms with Crippen molar-refractivity contribution < 1.29 is 4.74 Å². The Morgan fingerprint density at radius 1 is 1.27 bits per heavy atom. The molecule has 2 aliphatic rings. The first-order valence-corrected chi connectivity index (χ1v) is 6.05. The van der Waals surface area contributed by atoms with Gasteiger partial charge >= 0.3 is 0 Å². The van der Waals surface area contributed by atoms with Crippen molar-refractivity contribution in [1.29, 1.82) is 0 Å². The minimum absolute atomic E-state index is 0.552. The molecule has 0 amide bonds. The van der Waals surface area contributed by atoms with Crippen LogP contribution < -0.4 is 0 Å². The van der Waals surface area contributed by atoms with Crippen molar-refractivity contribution in [2.75, 3.05) is 13.2 Å². The molecule has 1 aromatic heterocycles. The molecule has 0 atom stereocenters. The highest BCUT2D eigenvalue weighted by molar-refractivity contribution is 6.29. The minimum atomic E-state index is 0.552. The van der Waals surface area contributed by atoms with E-state index >= 15 is 0 Å². The Balaban J connectivity index is 1.81. The molecule has 0 spiro atoms. The SMILES string of the molecule is Clc1cc(C2CCOCC2)nn1C1CC1. The summed E-state index contributed by atoms with van der Waals surface area (Å²) in [5.41, 5.74) is 1.16. The molecule has 2 fully saturated rings. The summed E-state index contributed by atoms with van der Waals surface area (Å²) in [7, 11) is 0. The number of ether oxygens (including phenoxy) is 1. The second-order valence-corrected chi connectivity index (χ2v) is 4.84. The first kappa shape index (κ1) is 9.67. The molecule has 0 N–H and O–H groups in total. The molecule has 82 valence electrons. The van der Waals surface area contributed by atoms with Gasteiger partial charge in [0.05, 0.1) is 11.7 Å². The summed E-state index contributed by atoms with van der Waals surface area (Å²) in [6.07, 6.45) is 4.62. The molecule has 1 saturated carbocycles. The number of hydrogen-bond acceptors (Lipinski definition) is 2. The van der Waals surface area contributed by atoms with Gasteiger partial charge in [-0.3, -0.25) is 4.68 Å². The highest BCUT2D eigenvalue weighted by Gasteiger charge is 2.28. The first-order valence-electron chi connectivity index (χ1n) is 5.67. The average Bonchev–Trinajstić information content (AvgIpc) is 3.04. The molecule has 1 aliphatic heterocycles. The zero-order valence-corrected chi connectivity index (χ0v) is 9.41. The van der Waals surface area contributed by atoms with Crippen LogP contribution in [-0.4, -0.2) is 23.0 Å². The molecule has 1 saturated heterocycles. The van der Waals surface area contributed by atoms with E-state index in [0.29, 0.717) is 12.0 Å². The highest BCUT2D eigenvalue weighted by atomic mass is 35.5. The van der Waals surface area contributed by atoms with E-state index in [4.69, 9.17) is 16.3 Å². The zero-order chi connectivity index (χ0) is 10.3. The van der Waals surface area contributed by atoms with Crippen LogP contribution in [-0.2, 0) is 4.74 Å². The van der Waals surface area contributed by atoms with Crippen molar-refractivity contribution >= 4 is 11.6 Å². The van der Waals surface area contributed by atoms with Gasteiger partial charge in [0, 0.05) is 19.1 Å². The van der Waals surface area contributed by atoms with E-state index in [1.165, 1.54) is 12.8 Å². The quantitative estimate of drug-likeness (QED) is 0.776. The summed E-state index contributed by atoms with van der Waals surface area (Å²) in [5.74, 6) is 0.552. The Morgan fingerprint density at radius 3 is 2.67 bits per heavy atom. The lowest BCUT2D eigenvalue weighted by molar-refractivity contribution is 0.0843. The van der Waals surface area contributed by atoms with Crippen LogP contribution in [0.5, 0.6) is 0 Å². The molecule has 0 unspecified atom stereocenters. The molecule has 2 heterocycles. The largest absolute Gasteiger partial charge is 0.381 e. The summed E-state index contributed by atoms with van der Waals surface area (Å²) in [5, 5.41) is 5.43. The van der Waals surface area contributed by atoms with E-state index in [0.717, 1.165) is 36.9 Å². The molecule has 0 bridgehead atoms. The van der Waals surface area contributed by atoms with Gasteiger partial charge < -0.3 is 4.74 Å². The fourth-order valence-corrected chi connectivity index (χ4v) is 2.44. The second-order valence-electron chi connectivity index (χ2n) is 4.45. The molecule has 0 radical (unpaired) electrons. The van der Waals surface area contributed by atoms with E-state index in [1.807, 2.05) is 10.7 Å². The van der Waals surface area contributed by atoms with Gasteiger partial charge in [-0.1, -0.05) is 11.6 Å². The van der Waals surface area contributed by atoms with Crippen molar-refractivity contribution in [2.45, 2.75) is 37.6 Å². The van der Waals surface area contributed by atoms with Crippen LogP contribution >= 0.6 is 11.6 Å². The summed E-state index contributed by atoms with van der Waals surface area (Å²) in [6, 6.07) is 2.61. The molecule has 0 aromatic carbocycles. The Labute approximate surface area is 94.4 Å². The van der Waals surface area contributed by atoms with Crippen LogP contribution in [0.1, 0.15) is 43.3 Å². The van der Waals surface area contributed by atoms with Gasteiger partial charge in [0.2, 0.25) is 0 Å². The number of aromatic nitrogens is 2. The van der Waals surface area contributed by atoms with E-state index in [9.17, 15) is 0 Å². The van der Waals surface area contributed by atoms with Gasteiger partial charge in [-0.15, -0.1) is 0 Å². The summed E-state index contributed by atoms with van der Waals surface area (Å²) in [4.78, 5) is 0. The third-order valence-electron chi connectivity index (χ3n) is 3.24. The predicted octanol–water partition coefficient (Wildman–Crippen LogP) is 2.77. The third-order valence-corrected chi connectivity index (χ3v) is 3.52. The molecule has 3 rings (SSSR count). The van der Waals surface area contributed by atoms with Crippen LogP contribution in [0.15, 0.2) is 6.07 Å². The minimum Gasteiger partial charge on any atom is -0.381 e. The number of nitrogens with zero attached hydrogens (tertiary/aromatic N) is 2. The molecule has 15 heavy (non-hydrogen) atoms. The molecular weight excluding hydrogens is 212 g/mol. The smallest absolute Gasteiger partial charge is 0.127 e. The summed E-state index contributed by atoms with van der Waals surface area (Å²) >= 11 is 6.17. The van der Waals surface area contributed by atoms with Gasteiger partial charge in [0.15, 0.2) is 0 Å². The maximum Gasteiger partial charge on any atom is 0.127 e. The first-order chi connectivity index (χ1) is 7.34. The Morgan fingerprint density at radius 2 is 2.00 bits per heavy atom. The Hall–Kier alpha value is -0.540. The van der Waals surface area contributed by atoms with Gasteiger partial charge in [-0.25, -0.2) is 0 Å². The summed E-state index contributed by atoms with van der Waals surface area (Å²) in [6.45, 7) is 1.72. The number of rotatable bonds is 2. The van der Waals surface area contributed by atoms with Crippen molar-refractivity contribution in [2.24, 2.45) is 0 Å². The monoisotopic (exact) mass is 226 g/mol. The standard InChI is InChI=1S/C11H15ClN2O/c12-11-7-10(8-3-5-15-6-4-8)13-14(11)9-1-2-9/h7-9H,1-6H2. The Kier molecular flexibility index (Phi) is 2.45. The van der Waals surface area contributed by atoms with E-state index in [2.05, 4.69) is 5.10 Å². The third kappa shape index (κ3) is 1.91. The maximum atomic E-state index is 6.17. The normalized spacial score (nSPS) is 23.3. The van der Waals surface area contributed by atoms with E-state index < -0.39 is 0 Å². The van der Waals surface area contributed by atoms with Gasteiger partial charge in [-0.05, 0) is 31.7 Å². The van der Waals surface area contributed by atoms with E-state index in [1.54, 1.807) is 0 Å². The van der Waals surface area contributed by atoms with Crippen molar-refractivity contribution in [3.8, 4) is 0 Å². The molecular formula is C11H15ClN2O. The molecule has 4 heteroatoms. The lowest BCUT2D eigenvalue weighted by Gasteiger charge is -2.19. The highest BCUT2D eigenvalue weighted by Crippen LogP contribution is 2.38. The van der Waals surface area contributed by atoms with Crippen molar-refractivity contribution in [3.63, 3.8) is 0 Å². The molecule has 1 aliphatic carbocycles. The van der Waals surface area contributed by atoms with Gasteiger partial charge in [0.1, 0.15) is 5.15 Å². The Bertz CT molecular complexity index is 353. The van der Waals surface area contributed by atoms with Crippen molar-refractivity contribution in [3.05, 3.63) is 16.9 Å². The zero-order valence-electron chi connectivity index (χ0n) is 8.66. The van der Waals surface area contributed by atoms with E-state index in [-0.39, 0.29) is 0 Å². The second kappa shape index (κ2) is 3.80. The van der Waals surface area contributed by atoms with Crippen LogP contribution in [0.4, 0.5) is 0 Å². The fourth-order valence-electron chi connectivity index (χ4n) is 2.16. The number of hydrogen-bond donors (Lipinski definition) is 0. The molecule has 1 aromatic rings. The average molecular weight is 227 g/mol. The van der Waals surface area contributed by atoms with Crippen LogP contribution in [0.3, 0.4) is 0 Å². The lowest BCUT2D eigenvalue weighted by Crippen LogP contribution is -2.14. The van der Waals surface area contributed by atoms with Crippen LogP contribution in [0.2, 0.25) is 5.15 Å². The maximum absolute atomic E-state index is 6.17. The van der Waals surface area contributed by atoms with Crippen LogP contribution in [0.25, 0.3) is 0 Å². The topological polar surface area (TPSA) is 27.1 Å².